The molecule has 2 amide bonds. The first-order valence-electron chi connectivity index (χ1n) is 9.80. The SMILES string of the molecule is Cc1ccccc1OCC(=O)NNC(=O)c1ccc(OCCOc2ccccc2)cc1. The lowest BCUT2D eigenvalue weighted by molar-refractivity contribution is -0.123. The van der Waals surface area contributed by atoms with Crippen molar-refractivity contribution in [3.05, 3.63) is 90.0 Å². The van der Waals surface area contributed by atoms with Gasteiger partial charge in [-0.05, 0) is 55.0 Å². The van der Waals surface area contributed by atoms with Crippen molar-refractivity contribution in [2.45, 2.75) is 6.92 Å². The maximum atomic E-state index is 12.2. The molecule has 0 aliphatic heterocycles. The van der Waals surface area contributed by atoms with Gasteiger partial charge in [-0.2, -0.15) is 0 Å². The van der Waals surface area contributed by atoms with E-state index < -0.39 is 11.8 Å². The number of hydrazine groups is 1. The van der Waals surface area contributed by atoms with Crippen LogP contribution in [0, 0.1) is 6.92 Å². The molecule has 0 bridgehead atoms. The van der Waals surface area contributed by atoms with Gasteiger partial charge >= 0.3 is 0 Å². The molecule has 7 heteroatoms. The average molecular weight is 420 g/mol. The first kappa shape index (κ1) is 21.7. The third-order valence-corrected chi connectivity index (χ3v) is 4.25. The zero-order valence-electron chi connectivity index (χ0n) is 17.2. The van der Waals surface area contributed by atoms with Crippen LogP contribution < -0.4 is 25.1 Å². The van der Waals surface area contributed by atoms with Crippen LogP contribution in [0.15, 0.2) is 78.9 Å². The molecule has 3 rings (SSSR count). The lowest BCUT2D eigenvalue weighted by Crippen LogP contribution is -2.43. The fraction of sp³-hybridized carbons (Fsp3) is 0.167. The zero-order chi connectivity index (χ0) is 21.9. The van der Waals surface area contributed by atoms with Crippen LogP contribution in [0.2, 0.25) is 0 Å². The number of carbonyl (C=O) groups is 2. The van der Waals surface area contributed by atoms with Crippen LogP contribution in [0.4, 0.5) is 0 Å². The highest BCUT2D eigenvalue weighted by molar-refractivity contribution is 5.95. The number of para-hydroxylation sites is 2. The molecule has 7 nitrogen and oxygen atoms in total. The largest absolute Gasteiger partial charge is 0.490 e. The predicted molar refractivity (Wildman–Crippen MR) is 116 cm³/mol. The summed E-state index contributed by atoms with van der Waals surface area (Å²) in [6.07, 6.45) is 0. The molecule has 0 unspecified atom stereocenters. The van der Waals surface area contributed by atoms with Gasteiger partial charge in [0.2, 0.25) is 0 Å². The molecule has 0 aromatic heterocycles. The van der Waals surface area contributed by atoms with E-state index in [1.807, 2.05) is 55.5 Å². The Kier molecular flexibility index (Phi) is 7.88. The summed E-state index contributed by atoms with van der Waals surface area (Å²) in [4.78, 5) is 24.1. The third-order valence-electron chi connectivity index (χ3n) is 4.25. The lowest BCUT2D eigenvalue weighted by atomic mass is 10.2. The van der Waals surface area contributed by atoms with E-state index in [0.717, 1.165) is 11.3 Å². The van der Waals surface area contributed by atoms with Crippen molar-refractivity contribution in [3.63, 3.8) is 0 Å². The number of nitrogens with one attached hydrogen (secondary N) is 2. The van der Waals surface area contributed by atoms with Crippen LogP contribution >= 0.6 is 0 Å². The molecule has 0 fully saturated rings. The van der Waals surface area contributed by atoms with Crippen LogP contribution in [-0.4, -0.2) is 31.6 Å². The second-order valence-corrected chi connectivity index (χ2v) is 6.59. The maximum Gasteiger partial charge on any atom is 0.276 e. The van der Waals surface area contributed by atoms with Gasteiger partial charge in [-0.3, -0.25) is 20.4 Å². The molecule has 3 aromatic rings. The summed E-state index contributed by atoms with van der Waals surface area (Å²) in [5.41, 5.74) is 6.00. The second-order valence-electron chi connectivity index (χ2n) is 6.59. The number of benzene rings is 3. The highest BCUT2D eigenvalue weighted by Crippen LogP contribution is 2.16. The lowest BCUT2D eigenvalue weighted by Gasteiger charge is -2.11. The quantitative estimate of drug-likeness (QED) is 0.410. The topological polar surface area (TPSA) is 85.9 Å². The van der Waals surface area contributed by atoms with Crippen molar-refractivity contribution in [1.29, 1.82) is 0 Å². The third kappa shape index (κ3) is 7.08. The van der Waals surface area contributed by atoms with Gasteiger partial charge in [0.1, 0.15) is 30.5 Å². The number of ether oxygens (including phenoxy) is 3. The summed E-state index contributed by atoms with van der Waals surface area (Å²) in [5, 5.41) is 0. The van der Waals surface area contributed by atoms with Crippen molar-refractivity contribution in [2.24, 2.45) is 0 Å². The molecule has 0 saturated heterocycles. The van der Waals surface area contributed by atoms with Crippen LogP contribution in [0.25, 0.3) is 0 Å². The molecule has 0 aliphatic rings. The monoisotopic (exact) mass is 420 g/mol. The number of rotatable bonds is 9. The molecule has 160 valence electrons. The number of hydrogen-bond donors (Lipinski definition) is 2. The van der Waals surface area contributed by atoms with Gasteiger partial charge in [0.05, 0.1) is 0 Å². The molecule has 0 radical (unpaired) electrons. The Bertz CT molecular complexity index is 990. The van der Waals surface area contributed by atoms with Gasteiger partial charge in [0.15, 0.2) is 6.61 Å². The minimum Gasteiger partial charge on any atom is -0.490 e. The van der Waals surface area contributed by atoms with Gasteiger partial charge in [-0.15, -0.1) is 0 Å². The van der Waals surface area contributed by atoms with E-state index >= 15 is 0 Å². The Labute approximate surface area is 180 Å². The van der Waals surface area contributed by atoms with Crippen molar-refractivity contribution >= 4 is 11.8 Å². The molecule has 2 N–H and O–H groups in total. The highest BCUT2D eigenvalue weighted by Gasteiger charge is 2.09. The smallest absolute Gasteiger partial charge is 0.276 e. The Hall–Kier alpha value is -4.00. The Morgan fingerprint density at radius 3 is 2.00 bits per heavy atom. The number of amides is 2. The Morgan fingerprint density at radius 2 is 1.32 bits per heavy atom. The van der Waals surface area contributed by atoms with E-state index in [1.165, 1.54) is 0 Å². The first-order valence-corrected chi connectivity index (χ1v) is 9.80. The van der Waals surface area contributed by atoms with Crippen LogP contribution in [0.5, 0.6) is 17.2 Å². The summed E-state index contributed by atoms with van der Waals surface area (Å²) in [6, 6.07) is 23.4. The molecular formula is C24H24N2O5. The number of aryl methyl sites for hydroxylation is 1. The summed E-state index contributed by atoms with van der Waals surface area (Å²) >= 11 is 0. The molecule has 3 aromatic carbocycles. The van der Waals surface area contributed by atoms with Gasteiger partial charge in [-0.1, -0.05) is 36.4 Å². The fourth-order valence-corrected chi connectivity index (χ4v) is 2.63. The van der Waals surface area contributed by atoms with Gasteiger partial charge in [0.25, 0.3) is 11.8 Å². The molecule has 0 heterocycles. The summed E-state index contributed by atoms with van der Waals surface area (Å²) in [6.45, 7) is 2.46. The van der Waals surface area contributed by atoms with Gasteiger partial charge in [0, 0.05) is 5.56 Å². The molecular weight excluding hydrogens is 396 g/mol. The standard InChI is InChI=1S/C24H24N2O5/c1-18-7-5-6-10-22(18)31-17-23(27)25-26-24(28)19-11-13-21(14-12-19)30-16-15-29-20-8-3-2-4-9-20/h2-14H,15-17H2,1H3,(H,25,27)(H,26,28). The van der Waals surface area contributed by atoms with E-state index in [9.17, 15) is 9.59 Å². The highest BCUT2D eigenvalue weighted by atomic mass is 16.5. The fourth-order valence-electron chi connectivity index (χ4n) is 2.63. The van der Waals surface area contributed by atoms with Crippen LogP contribution in [0.3, 0.4) is 0 Å². The summed E-state index contributed by atoms with van der Waals surface area (Å²) in [7, 11) is 0. The van der Waals surface area contributed by atoms with Gasteiger partial charge in [-0.25, -0.2) is 0 Å². The maximum absolute atomic E-state index is 12.2. The molecule has 0 atom stereocenters. The minimum absolute atomic E-state index is 0.205. The number of hydrogen-bond acceptors (Lipinski definition) is 5. The van der Waals surface area contributed by atoms with Crippen LogP contribution in [0.1, 0.15) is 15.9 Å². The van der Waals surface area contributed by atoms with E-state index in [-0.39, 0.29) is 6.61 Å². The van der Waals surface area contributed by atoms with E-state index in [2.05, 4.69) is 10.9 Å². The van der Waals surface area contributed by atoms with Crippen molar-refractivity contribution in [2.75, 3.05) is 19.8 Å². The van der Waals surface area contributed by atoms with Crippen molar-refractivity contribution in [3.8, 4) is 17.2 Å². The van der Waals surface area contributed by atoms with Crippen molar-refractivity contribution < 1.29 is 23.8 Å². The molecule has 0 aliphatic carbocycles. The first-order chi connectivity index (χ1) is 15.1. The Balaban J connectivity index is 1.36. The van der Waals surface area contributed by atoms with Gasteiger partial charge < -0.3 is 14.2 Å². The predicted octanol–water partition coefficient (Wildman–Crippen LogP) is 3.29. The van der Waals surface area contributed by atoms with E-state index in [1.54, 1.807) is 30.3 Å². The Morgan fingerprint density at radius 1 is 0.710 bits per heavy atom. The van der Waals surface area contributed by atoms with Crippen molar-refractivity contribution in [1.82, 2.24) is 10.9 Å². The minimum atomic E-state index is -0.463. The van der Waals surface area contributed by atoms with E-state index in [4.69, 9.17) is 14.2 Å². The molecule has 31 heavy (non-hydrogen) atoms. The summed E-state index contributed by atoms with van der Waals surface area (Å²) in [5.74, 6) is 1.11. The molecule has 0 saturated carbocycles. The second kappa shape index (κ2) is 11.3. The zero-order valence-corrected chi connectivity index (χ0v) is 17.2. The van der Waals surface area contributed by atoms with E-state index in [0.29, 0.717) is 30.3 Å². The normalized spacial score (nSPS) is 10.1. The number of carbonyl (C=O) groups excluding carboxylic acids is 2. The summed E-state index contributed by atoms with van der Waals surface area (Å²) < 4.78 is 16.6. The average Bonchev–Trinajstić information content (AvgIpc) is 2.81. The van der Waals surface area contributed by atoms with Crippen LogP contribution in [-0.2, 0) is 4.79 Å². The molecule has 0 spiro atoms.